The number of ether oxygens (including phenoxy) is 3. The monoisotopic (exact) mass is 516 g/mol. The van der Waals surface area contributed by atoms with E-state index in [0.29, 0.717) is 13.0 Å². The Balaban J connectivity index is 1.50. The molecule has 6 rings (SSSR count). The highest BCUT2D eigenvalue weighted by atomic mass is 16.8. The zero-order chi connectivity index (χ0) is 26.5. The SMILES string of the molecule is CC[C@]1(C[C@H]2CC(C(=O)OC)=C3Nc4ccccc4[C@]34CCCN(Cc3ccccc3)[C@H]24)COC(C)(C)O1. The Labute approximate surface area is 226 Å². The van der Waals surface area contributed by atoms with Crippen LogP contribution in [0, 0.1) is 5.92 Å². The highest BCUT2D eigenvalue weighted by Crippen LogP contribution is 2.60. The Morgan fingerprint density at radius 1 is 1.13 bits per heavy atom. The van der Waals surface area contributed by atoms with Gasteiger partial charge < -0.3 is 19.5 Å². The summed E-state index contributed by atoms with van der Waals surface area (Å²) in [5.41, 5.74) is 4.91. The molecule has 4 aliphatic rings. The zero-order valence-electron chi connectivity index (χ0n) is 23.1. The first kappa shape index (κ1) is 25.6. The van der Waals surface area contributed by atoms with Crippen molar-refractivity contribution < 1.29 is 19.0 Å². The number of hydrogen-bond acceptors (Lipinski definition) is 6. The van der Waals surface area contributed by atoms with Gasteiger partial charge in [-0.25, -0.2) is 4.79 Å². The number of anilines is 1. The Morgan fingerprint density at radius 2 is 1.89 bits per heavy atom. The van der Waals surface area contributed by atoms with Gasteiger partial charge in [-0.3, -0.25) is 4.90 Å². The van der Waals surface area contributed by atoms with Crippen molar-refractivity contribution in [2.45, 2.75) is 82.3 Å². The van der Waals surface area contributed by atoms with Crippen molar-refractivity contribution in [2.24, 2.45) is 5.92 Å². The quantitative estimate of drug-likeness (QED) is 0.491. The number of rotatable bonds is 6. The number of nitrogens with one attached hydrogen (secondary N) is 1. The van der Waals surface area contributed by atoms with Crippen molar-refractivity contribution >= 4 is 11.7 Å². The molecular formula is C32H40N2O4. The molecule has 0 aromatic heterocycles. The predicted octanol–water partition coefficient (Wildman–Crippen LogP) is 5.78. The normalized spacial score (nSPS) is 31.8. The maximum Gasteiger partial charge on any atom is 0.335 e. The van der Waals surface area contributed by atoms with Crippen molar-refractivity contribution in [2.75, 3.05) is 25.6 Å². The molecule has 2 aromatic carbocycles. The zero-order valence-corrected chi connectivity index (χ0v) is 23.1. The van der Waals surface area contributed by atoms with E-state index in [1.165, 1.54) is 18.2 Å². The lowest BCUT2D eigenvalue weighted by Crippen LogP contribution is -2.61. The molecule has 0 radical (unpaired) electrons. The number of hydrogen-bond donors (Lipinski definition) is 1. The fraction of sp³-hybridized carbons (Fsp3) is 0.531. The number of likely N-dealkylation sites (tertiary alicyclic amines) is 1. The van der Waals surface area contributed by atoms with Crippen LogP contribution in [0.4, 0.5) is 5.69 Å². The molecular weight excluding hydrogens is 476 g/mol. The lowest BCUT2D eigenvalue weighted by Gasteiger charge is -2.56. The number of methoxy groups -OCH3 is 1. The molecule has 1 spiro atoms. The largest absolute Gasteiger partial charge is 0.466 e. The second-order valence-electron chi connectivity index (χ2n) is 12.0. The van der Waals surface area contributed by atoms with Gasteiger partial charge in [-0.2, -0.15) is 0 Å². The average molecular weight is 517 g/mol. The summed E-state index contributed by atoms with van der Waals surface area (Å²) < 4.78 is 18.2. The first-order valence-corrected chi connectivity index (χ1v) is 14.1. The van der Waals surface area contributed by atoms with Gasteiger partial charge in [0, 0.05) is 24.0 Å². The van der Waals surface area contributed by atoms with Gasteiger partial charge in [-0.05, 0) is 75.6 Å². The third-order valence-electron chi connectivity index (χ3n) is 9.33. The van der Waals surface area contributed by atoms with Crippen LogP contribution in [-0.2, 0) is 31.0 Å². The van der Waals surface area contributed by atoms with E-state index in [2.05, 4.69) is 71.7 Å². The molecule has 0 saturated carbocycles. The molecule has 0 bridgehead atoms. The van der Waals surface area contributed by atoms with Gasteiger partial charge in [0.1, 0.15) is 0 Å². The first-order chi connectivity index (χ1) is 18.3. The molecule has 1 aliphatic carbocycles. The molecule has 1 N–H and O–H groups in total. The molecule has 0 unspecified atom stereocenters. The van der Waals surface area contributed by atoms with Crippen LogP contribution in [-0.4, -0.2) is 48.6 Å². The van der Waals surface area contributed by atoms with E-state index in [-0.39, 0.29) is 28.9 Å². The Morgan fingerprint density at radius 3 is 2.61 bits per heavy atom. The van der Waals surface area contributed by atoms with Gasteiger partial charge in [0.2, 0.25) is 0 Å². The molecule has 3 heterocycles. The molecule has 4 atom stereocenters. The van der Waals surface area contributed by atoms with Crippen molar-refractivity contribution in [1.29, 1.82) is 0 Å². The van der Waals surface area contributed by atoms with Crippen LogP contribution in [0.2, 0.25) is 0 Å². The highest BCUT2D eigenvalue weighted by Gasteiger charge is 2.60. The number of fused-ring (bicyclic) bond motifs is 1. The topological polar surface area (TPSA) is 60.0 Å². The number of nitrogens with zero attached hydrogens (tertiary/aromatic N) is 1. The van der Waals surface area contributed by atoms with Gasteiger partial charge in [0.25, 0.3) is 0 Å². The summed E-state index contributed by atoms with van der Waals surface area (Å²) in [6.45, 7) is 8.69. The van der Waals surface area contributed by atoms with E-state index in [9.17, 15) is 4.79 Å². The highest BCUT2D eigenvalue weighted by molar-refractivity contribution is 5.92. The lowest BCUT2D eigenvalue weighted by atomic mass is 9.57. The Kier molecular flexibility index (Phi) is 6.41. The summed E-state index contributed by atoms with van der Waals surface area (Å²) in [6.07, 6.45) is 4.42. The number of piperidine rings is 1. The molecule has 6 nitrogen and oxygen atoms in total. The van der Waals surface area contributed by atoms with Crippen molar-refractivity contribution in [3.8, 4) is 0 Å². The molecule has 2 aromatic rings. The minimum absolute atomic E-state index is 0.197. The summed E-state index contributed by atoms with van der Waals surface area (Å²) in [5.74, 6) is -0.633. The molecule has 2 saturated heterocycles. The number of benzene rings is 2. The summed E-state index contributed by atoms with van der Waals surface area (Å²) >= 11 is 0. The van der Waals surface area contributed by atoms with E-state index in [4.69, 9.17) is 14.2 Å². The smallest absolute Gasteiger partial charge is 0.335 e. The van der Waals surface area contributed by atoms with Crippen LogP contribution in [0.1, 0.15) is 64.0 Å². The molecule has 202 valence electrons. The Bertz CT molecular complexity index is 1240. The molecule has 3 aliphatic heterocycles. The third-order valence-corrected chi connectivity index (χ3v) is 9.33. The van der Waals surface area contributed by atoms with Crippen LogP contribution in [0.3, 0.4) is 0 Å². The second kappa shape index (κ2) is 9.51. The van der Waals surface area contributed by atoms with Crippen molar-refractivity contribution in [3.05, 3.63) is 77.0 Å². The molecule has 0 amide bonds. The predicted molar refractivity (Wildman–Crippen MR) is 148 cm³/mol. The minimum Gasteiger partial charge on any atom is -0.466 e. The van der Waals surface area contributed by atoms with Gasteiger partial charge in [-0.1, -0.05) is 55.5 Å². The van der Waals surface area contributed by atoms with Gasteiger partial charge in [-0.15, -0.1) is 0 Å². The van der Waals surface area contributed by atoms with Crippen molar-refractivity contribution in [3.63, 3.8) is 0 Å². The minimum atomic E-state index is -0.605. The number of carbonyl (C=O) groups is 1. The average Bonchev–Trinajstić information content (AvgIpc) is 3.42. The Hall–Kier alpha value is -2.67. The summed E-state index contributed by atoms with van der Waals surface area (Å²) in [4.78, 5) is 16.0. The number of para-hydroxylation sites is 1. The number of carbonyl (C=O) groups excluding carboxylic acids is 1. The molecule has 38 heavy (non-hydrogen) atoms. The fourth-order valence-corrected chi connectivity index (χ4v) is 7.88. The number of esters is 1. The van der Waals surface area contributed by atoms with E-state index in [0.717, 1.165) is 55.7 Å². The van der Waals surface area contributed by atoms with E-state index >= 15 is 0 Å². The van der Waals surface area contributed by atoms with Crippen LogP contribution < -0.4 is 5.32 Å². The van der Waals surface area contributed by atoms with Crippen molar-refractivity contribution in [1.82, 2.24) is 4.90 Å². The van der Waals surface area contributed by atoms with Crippen LogP contribution in [0.25, 0.3) is 0 Å². The first-order valence-electron chi connectivity index (χ1n) is 14.1. The van der Waals surface area contributed by atoms with E-state index in [1.807, 2.05) is 13.8 Å². The van der Waals surface area contributed by atoms with Gasteiger partial charge >= 0.3 is 5.97 Å². The van der Waals surface area contributed by atoms with Gasteiger partial charge in [0.15, 0.2) is 5.79 Å². The molecule has 6 heteroatoms. The van der Waals surface area contributed by atoms with Crippen LogP contribution in [0.5, 0.6) is 0 Å². The van der Waals surface area contributed by atoms with Crippen LogP contribution >= 0.6 is 0 Å². The lowest BCUT2D eigenvalue weighted by molar-refractivity contribution is -0.168. The second-order valence-corrected chi connectivity index (χ2v) is 12.0. The summed E-state index contributed by atoms with van der Waals surface area (Å²) in [7, 11) is 1.50. The van der Waals surface area contributed by atoms with Crippen LogP contribution in [0.15, 0.2) is 65.9 Å². The van der Waals surface area contributed by atoms with Gasteiger partial charge in [0.05, 0.1) is 30.3 Å². The van der Waals surface area contributed by atoms with E-state index in [1.54, 1.807) is 0 Å². The maximum absolute atomic E-state index is 13.3. The van der Waals surface area contributed by atoms with E-state index < -0.39 is 5.79 Å². The summed E-state index contributed by atoms with van der Waals surface area (Å²) in [5, 5.41) is 3.72. The standard InChI is InChI=1S/C32H40N2O4/c1-5-31(21-37-30(2,3)38-31)19-23-18-24(29(35)36-4)27-32(25-14-9-10-15-26(25)33-27)16-11-17-34(28(23)32)20-22-12-7-6-8-13-22/h6-10,12-15,23,28,33H,5,11,16-21H2,1-4H3/t23-,28-,31+,32-/m1/s1. The molecule has 2 fully saturated rings. The summed E-state index contributed by atoms with van der Waals surface area (Å²) in [6, 6.07) is 19.6. The maximum atomic E-state index is 13.3. The fourth-order valence-electron chi connectivity index (χ4n) is 7.88. The third kappa shape index (κ3) is 4.09.